The van der Waals surface area contributed by atoms with Crippen molar-refractivity contribution in [3.05, 3.63) is 42.2 Å². The first-order valence-corrected chi connectivity index (χ1v) is 8.54. The summed E-state index contributed by atoms with van der Waals surface area (Å²) in [4.78, 5) is 0.149. The van der Waals surface area contributed by atoms with Crippen LogP contribution in [0.15, 0.2) is 41.6 Å². The first-order valence-electron chi connectivity index (χ1n) is 7.05. The summed E-state index contributed by atoms with van der Waals surface area (Å²) in [5, 5.41) is 3.89. The second-order valence-electron chi connectivity index (χ2n) is 5.43. The SMILES string of the molecule is CC(C)Oc1cccc(C(C)NS(=O)(=O)c2cnn(C)c2)c1. The van der Waals surface area contributed by atoms with E-state index in [-0.39, 0.29) is 17.0 Å². The molecule has 0 bridgehead atoms. The first-order chi connectivity index (χ1) is 10.3. The van der Waals surface area contributed by atoms with Crippen LogP contribution in [0.25, 0.3) is 0 Å². The smallest absolute Gasteiger partial charge is 0.244 e. The number of sulfonamides is 1. The molecule has 7 heteroatoms. The molecular formula is C15H21N3O3S. The molecule has 2 rings (SSSR count). The summed E-state index contributed by atoms with van der Waals surface area (Å²) in [6.45, 7) is 5.69. The molecule has 1 aromatic carbocycles. The van der Waals surface area contributed by atoms with Crippen molar-refractivity contribution >= 4 is 10.0 Å². The van der Waals surface area contributed by atoms with Crippen LogP contribution in [0, 0.1) is 0 Å². The molecule has 0 radical (unpaired) electrons. The molecule has 2 aromatic rings. The van der Waals surface area contributed by atoms with Crippen LogP contribution in [0.2, 0.25) is 0 Å². The molecule has 0 spiro atoms. The van der Waals surface area contributed by atoms with E-state index in [2.05, 4.69) is 9.82 Å². The molecule has 0 fully saturated rings. The number of benzene rings is 1. The number of nitrogens with one attached hydrogen (secondary N) is 1. The molecule has 0 saturated heterocycles. The van der Waals surface area contributed by atoms with Gasteiger partial charge in [-0.3, -0.25) is 4.68 Å². The Bertz CT molecular complexity index is 738. The Kier molecular flexibility index (Phi) is 4.87. The van der Waals surface area contributed by atoms with E-state index < -0.39 is 10.0 Å². The van der Waals surface area contributed by atoms with Crippen LogP contribution < -0.4 is 9.46 Å². The van der Waals surface area contributed by atoms with Crippen molar-refractivity contribution < 1.29 is 13.2 Å². The summed E-state index contributed by atoms with van der Waals surface area (Å²) >= 11 is 0. The zero-order valence-electron chi connectivity index (χ0n) is 13.1. The van der Waals surface area contributed by atoms with Crippen LogP contribution in [-0.4, -0.2) is 24.3 Å². The Morgan fingerprint density at radius 1 is 1.27 bits per heavy atom. The molecule has 1 atom stereocenters. The van der Waals surface area contributed by atoms with Crippen molar-refractivity contribution in [2.24, 2.45) is 7.05 Å². The van der Waals surface area contributed by atoms with E-state index in [1.54, 1.807) is 14.0 Å². The highest BCUT2D eigenvalue weighted by molar-refractivity contribution is 7.89. The van der Waals surface area contributed by atoms with Gasteiger partial charge in [0.1, 0.15) is 10.6 Å². The van der Waals surface area contributed by atoms with Gasteiger partial charge >= 0.3 is 0 Å². The van der Waals surface area contributed by atoms with E-state index in [1.165, 1.54) is 17.1 Å². The minimum absolute atomic E-state index is 0.0673. The van der Waals surface area contributed by atoms with Gasteiger partial charge in [-0.15, -0.1) is 0 Å². The minimum atomic E-state index is -3.60. The second kappa shape index (κ2) is 6.50. The Hall–Kier alpha value is -1.86. The number of ether oxygens (including phenoxy) is 1. The third-order valence-corrected chi connectivity index (χ3v) is 4.55. The van der Waals surface area contributed by atoms with Crippen molar-refractivity contribution in [2.75, 3.05) is 0 Å². The van der Waals surface area contributed by atoms with Gasteiger partial charge < -0.3 is 4.74 Å². The van der Waals surface area contributed by atoms with E-state index in [1.807, 2.05) is 38.1 Å². The average molecular weight is 323 g/mol. The van der Waals surface area contributed by atoms with Gasteiger partial charge in [0.2, 0.25) is 10.0 Å². The number of nitrogens with zero attached hydrogens (tertiary/aromatic N) is 2. The van der Waals surface area contributed by atoms with Gasteiger partial charge in [-0.05, 0) is 38.5 Å². The van der Waals surface area contributed by atoms with Gasteiger partial charge in [0.15, 0.2) is 0 Å². The lowest BCUT2D eigenvalue weighted by atomic mass is 10.1. The van der Waals surface area contributed by atoms with E-state index in [9.17, 15) is 8.42 Å². The molecule has 0 aliphatic heterocycles. The van der Waals surface area contributed by atoms with Crippen molar-refractivity contribution in [2.45, 2.75) is 37.8 Å². The van der Waals surface area contributed by atoms with Crippen molar-refractivity contribution in [1.82, 2.24) is 14.5 Å². The molecule has 0 aliphatic rings. The fourth-order valence-corrected chi connectivity index (χ4v) is 3.25. The van der Waals surface area contributed by atoms with E-state index in [0.29, 0.717) is 0 Å². The van der Waals surface area contributed by atoms with Gasteiger partial charge in [-0.2, -0.15) is 5.10 Å². The van der Waals surface area contributed by atoms with E-state index in [4.69, 9.17) is 4.74 Å². The predicted molar refractivity (Wildman–Crippen MR) is 84.2 cm³/mol. The summed E-state index contributed by atoms with van der Waals surface area (Å²) in [5.74, 6) is 0.722. The molecule has 1 heterocycles. The van der Waals surface area contributed by atoms with E-state index in [0.717, 1.165) is 11.3 Å². The van der Waals surface area contributed by atoms with Crippen molar-refractivity contribution in [1.29, 1.82) is 0 Å². The van der Waals surface area contributed by atoms with Crippen LogP contribution >= 0.6 is 0 Å². The van der Waals surface area contributed by atoms with Crippen molar-refractivity contribution in [3.63, 3.8) is 0 Å². The maximum Gasteiger partial charge on any atom is 0.244 e. The molecule has 6 nitrogen and oxygen atoms in total. The zero-order chi connectivity index (χ0) is 16.3. The Balaban J connectivity index is 2.16. The normalized spacial score (nSPS) is 13.3. The first kappa shape index (κ1) is 16.5. The fraction of sp³-hybridized carbons (Fsp3) is 0.400. The largest absolute Gasteiger partial charge is 0.491 e. The van der Waals surface area contributed by atoms with Crippen LogP contribution in [-0.2, 0) is 17.1 Å². The number of aryl methyl sites for hydroxylation is 1. The second-order valence-corrected chi connectivity index (χ2v) is 7.15. The molecule has 1 N–H and O–H groups in total. The van der Waals surface area contributed by atoms with Crippen LogP contribution in [0.1, 0.15) is 32.4 Å². The van der Waals surface area contributed by atoms with Crippen LogP contribution in [0.3, 0.4) is 0 Å². The van der Waals surface area contributed by atoms with Gasteiger partial charge in [-0.1, -0.05) is 12.1 Å². The predicted octanol–water partition coefficient (Wildman–Crippen LogP) is 2.25. The van der Waals surface area contributed by atoms with Crippen LogP contribution in [0.4, 0.5) is 0 Å². The summed E-state index contributed by atoms with van der Waals surface area (Å²) in [7, 11) is -1.92. The van der Waals surface area contributed by atoms with Crippen molar-refractivity contribution in [3.8, 4) is 5.75 Å². The fourth-order valence-electron chi connectivity index (χ4n) is 2.04. The molecule has 22 heavy (non-hydrogen) atoms. The van der Waals surface area contributed by atoms with Gasteiger partial charge in [0.05, 0.1) is 12.3 Å². The van der Waals surface area contributed by atoms with Crippen LogP contribution in [0.5, 0.6) is 5.75 Å². The molecule has 0 saturated carbocycles. The minimum Gasteiger partial charge on any atom is -0.491 e. The lowest BCUT2D eigenvalue weighted by Crippen LogP contribution is -2.26. The summed E-state index contributed by atoms with van der Waals surface area (Å²) in [6, 6.07) is 7.04. The molecule has 120 valence electrons. The highest BCUT2D eigenvalue weighted by Gasteiger charge is 2.20. The lowest BCUT2D eigenvalue weighted by Gasteiger charge is -2.16. The number of hydrogen-bond acceptors (Lipinski definition) is 4. The third-order valence-electron chi connectivity index (χ3n) is 3.05. The lowest BCUT2D eigenvalue weighted by molar-refractivity contribution is 0.242. The maximum absolute atomic E-state index is 12.3. The average Bonchev–Trinajstić information content (AvgIpc) is 2.85. The number of aromatic nitrogens is 2. The standard InChI is InChI=1S/C15H21N3O3S/c1-11(2)21-14-7-5-6-13(8-14)12(3)17-22(19,20)15-9-16-18(4)10-15/h5-12,17H,1-4H3. The summed E-state index contributed by atoms with van der Waals surface area (Å²) < 4.78 is 34.3. The molecule has 1 unspecified atom stereocenters. The Labute approximate surface area is 131 Å². The monoisotopic (exact) mass is 323 g/mol. The summed E-state index contributed by atoms with van der Waals surface area (Å²) in [6.07, 6.45) is 2.86. The Morgan fingerprint density at radius 2 is 2.00 bits per heavy atom. The summed E-state index contributed by atoms with van der Waals surface area (Å²) in [5.41, 5.74) is 0.839. The molecule has 0 aliphatic carbocycles. The Morgan fingerprint density at radius 3 is 2.59 bits per heavy atom. The number of rotatable bonds is 6. The highest BCUT2D eigenvalue weighted by Crippen LogP contribution is 2.21. The highest BCUT2D eigenvalue weighted by atomic mass is 32.2. The topological polar surface area (TPSA) is 73.2 Å². The van der Waals surface area contributed by atoms with Gasteiger partial charge in [-0.25, -0.2) is 13.1 Å². The number of hydrogen-bond donors (Lipinski definition) is 1. The molecule has 0 amide bonds. The maximum atomic E-state index is 12.3. The quantitative estimate of drug-likeness (QED) is 0.885. The van der Waals surface area contributed by atoms with E-state index >= 15 is 0 Å². The van der Waals surface area contributed by atoms with Gasteiger partial charge in [0.25, 0.3) is 0 Å². The molecule has 1 aromatic heterocycles. The van der Waals surface area contributed by atoms with Gasteiger partial charge in [0, 0.05) is 19.3 Å². The third kappa shape index (κ3) is 4.08. The molecular weight excluding hydrogens is 302 g/mol. The zero-order valence-corrected chi connectivity index (χ0v) is 14.0.